The largest absolute Gasteiger partial charge is 0.295 e. The fourth-order valence-corrected chi connectivity index (χ4v) is 10.2. The molecule has 0 amide bonds. The molecule has 2 fully saturated rings. The predicted molar refractivity (Wildman–Crippen MR) is 151 cm³/mol. The van der Waals surface area contributed by atoms with Crippen LogP contribution in [0.3, 0.4) is 0 Å². The molecule has 0 unspecified atom stereocenters. The molecule has 2 aromatic carbocycles. The molecule has 3 aromatic rings. The number of carbonyl (C=O) groups excluding carboxylic acids is 1. The molecule has 1 aromatic heterocycles. The van der Waals surface area contributed by atoms with Crippen LogP contribution >= 0.6 is 0 Å². The first-order valence-corrected chi connectivity index (χ1v) is 15.5. The topological polar surface area (TPSA) is 56.1 Å². The zero-order valence-corrected chi connectivity index (χ0v) is 23.0. The molecule has 4 aliphatic carbocycles. The smallest absolute Gasteiger partial charge is 0.268 e. The minimum atomic E-state index is -3.71. The highest BCUT2D eigenvalue weighted by Gasteiger charge is 2.57. The third kappa shape index (κ3) is 3.27. The summed E-state index contributed by atoms with van der Waals surface area (Å²) in [4.78, 5) is 12.5. The van der Waals surface area contributed by atoms with Crippen LogP contribution in [0.2, 0.25) is 0 Å². The van der Waals surface area contributed by atoms with E-state index in [2.05, 4.69) is 26.0 Å². The maximum atomic E-state index is 13.7. The molecular weight excluding hydrogens is 490 g/mol. The van der Waals surface area contributed by atoms with Gasteiger partial charge < -0.3 is 0 Å². The van der Waals surface area contributed by atoms with E-state index in [-0.39, 0.29) is 10.8 Å². The fraction of sp³-hybridized carbons (Fsp3) is 0.424. The Hall–Kier alpha value is -2.92. The maximum absolute atomic E-state index is 13.7. The van der Waals surface area contributed by atoms with Crippen molar-refractivity contribution in [1.82, 2.24) is 3.97 Å². The van der Waals surface area contributed by atoms with Crippen molar-refractivity contribution < 1.29 is 13.2 Å². The number of allylic oxidation sites excluding steroid dienone is 4. The van der Waals surface area contributed by atoms with Gasteiger partial charge in [-0.3, -0.25) is 4.79 Å². The van der Waals surface area contributed by atoms with Crippen LogP contribution in [0, 0.1) is 28.6 Å². The van der Waals surface area contributed by atoms with Crippen molar-refractivity contribution in [2.45, 2.75) is 63.7 Å². The van der Waals surface area contributed by atoms with Crippen LogP contribution in [0.4, 0.5) is 0 Å². The monoisotopic (exact) mass is 525 g/mol. The van der Waals surface area contributed by atoms with Gasteiger partial charge in [0.2, 0.25) is 0 Å². The van der Waals surface area contributed by atoms with E-state index in [1.807, 2.05) is 36.5 Å². The number of rotatable bonds is 3. The van der Waals surface area contributed by atoms with Gasteiger partial charge in [-0.1, -0.05) is 61.9 Å². The highest BCUT2D eigenvalue weighted by molar-refractivity contribution is 7.90. The second-order valence-corrected chi connectivity index (χ2v) is 14.3. The normalized spacial score (nSPS) is 32.8. The molecule has 1 heterocycles. The quantitative estimate of drug-likeness (QED) is 0.358. The van der Waals surface area contributed by atoms with Crippen LogP contribution in [-0.2, 0) is 14.8 Å². The second-order valence-electron chi connectivity index (χ2n) is 12.5. The summed E-state index contributed by atoms with van der Waals surface area (Å²) in [6, 6.07) is 16.7. The number of para-hydroxylation sites is 1. The first-order valence-electron chi connectivity index (χ1n) is 14.1. The predicted octanol–water partition coefficient (Wildman–Crippen LogP) is 7.40. The Bertz CT molecular complexity index is 1630. The van der Waals surface area contributed by atoms with Crippen LogP contribution in [0.25, 0.3) is 16.5 Å². The summed E-state index contributed by atoms with van der Waals surface area (Å²) in [6.07, 6.45) is 13.5. The van der Waals surface area contributed by atoms with E-state index >= 15 is 0 Å². The zero-order chi connectivity index (χ0) is 26.3. The van der Waals surface area contributed by atoms with Crippen molar-refractivity contribution in [3.63, 3.8) is 0 Å². The lowest BCUT2D eigenvalue weighted by Gasteiger charge is -2.57. The van der Waals surface area contributed by atoms with Crippen molar-refractivity contribution in [2.24, 2.45) is 28.6 Å². The molecule has 4 aliphatic rings. The van der Waals surface area contributed by atoms with Crippen molar-refractivity contribution in [1.29, 1.82) is 0 Å². The number of ketones is 1. The van der Waals surface area contributed by atoms with Gasteiger partial charge in [-0.25, -0.2) is 12.4 Å². The fourth-order valence-electron chi connectivity index (χ4n) is 8.81. The molecule has 2 saturated carbocycles. The van der Waals surface area contributed by atoms with Gasteiger partial charge in [0.05, 0.1) is 10.4 Å². The molecule has 0 saturated heterocycles. The van der Waals surface area contributed by atoms with Gasteiger partial charge >= 0.3 is 0 Å². The molecule has 0 spiro atoms. The molecule has 5 heteroatoms. The van der Waals surface area contributed by atoms with Gasteiger partial charge in [0.15, 0.2) is 5.78 Å². The summed E-state index contributed by atoms with van der Waals surface area (Å²) in [5.41, 5.74) is 4.70. The van der Waals surface area contributed by atoms with Gasteiger partial charge in [0, 0.05) is 23.6 Å². The standard InChI is InChI=1S/C33H35NO3S/c1-32-18-16-23(35)20-22(32)12-13-26-28-14-15-29(33(28,2)19-17-30(26)32)27-21-34(31-11-7-6-10-25(27)31)38(36,37)24-8-4-3-5-9-24/h3-11,15,20-21,26,28,30H,12-14,16-19H2,1-2H3/t26-,28-,30-,32-,33-/m0/s1. The number of hydrogen-bond donors (Lipinski definition) is 0. The number of carbonyl (C=O) groups is 1. The third-order valence-corrected chi connectivity index (χ3v) is 12.5. The van der Waals surface area contributed by atoms with E-state index in [4.69, 9.17) is 0 Å². The first kappa shape index (κ1) is 24.1. The Balaban J connectivity index is 1.29. The molecule has 196 valence electrons. The number of hydrogen-bond acceptors (Lipinski definition) is 3. The lowest BCUT2D eigenvalue weighted by molar-refractivity contribution is -0.117. The van der Waals surface area contributed by atoms with Gasteiger partial charge in [-0.15, -0.1) is 0 Å². The van der Waals surface area contributed by atoms with E-state index in [9.17, 15) is 13.2 Å². The van der Waals surface area contributed by atoms with Gasteiger partial charge in [-0.05, 0) is 97.0 Å². The lowest BCUT2D eigenvalue weighted by Crippen LogP contribution is -2.49. The Morgan fingerprint density at radius 1 is 0.868 bits per heavy atom. The summed E-state index contributed by atoms with van der Waals surface area (Å²) in [6.45, 7) is 4.86. The highest BCUT2D eigenvalue weighted by atomic mass is 32.2. The average Bonchev–Trinajstić information content (AvgIpc) is 3.47. The zero-order valence-electron chi connectivity index (χ0n) is 22.2. The summed E-state index contributed by atoms with van der Waals surface area (Å²) >= 11 is 0. The molecule has 0 bridgehead atoms. The minimum Gasteiger partial charge on any atom is -0.295 e. The summed E-state index contributed by atoms with van der Waals surface area (Å²) in [5, 5.41) is 1.01. The molecule has 38 heavy (non-hydrogen) atoms. The summed E-state index contributed by atoms with van der Waals surface area (Å²) in [5.74, 6) is 2.13. The van der Waals surface area contributed by atoms with Crippen molar-refractivity contribution in [2.75, 3.05) is 0 Å². The van der Waals surface area contributed by atoms with E-state index in [1.165, 1.54) is 15.1 Å². The molecule has 7 rings (SSSR count). The van der Waals surface area contributed by atoms with Gasteiger partial charge in [0.1, 0.15) is 0 Å². The van der Waals surface area contributed by atoms with E-state index in [1.54, 1.807) is 24.3 Å². The Morgan fingerprint density at radius 3 is 2.45 bits per heavy atom. The number of fused-ring (bicyclic) bond motifs is 6. The van der Waals surface area contributed by atoms with Crippen molar-refractivity contribution in [3.05, 3.63) is 84.1 Å². The van der Waals surface area contributed by atoms with Crippen LogP contribution in [0.5, 0.6) is 0 Å². The molecule has 5 atom stereocenters. The van der Waals surface area contributed by atoms with Crippen LogP contribution in [0.1, 0.15) is 64.4 Å². The summed E-state index contributed by atoms with van der Waals surface area (Å²) < 4.78 is 29.0. The molecule has 4 nitrogen and oxygen atoms in total. The number of benzene rings is 2. The molecule has 0 aliphatic heterocycles. The summed E-state index contributed by atoms with van der Waals surface area (Å²) in [7, 11) is -3.71. The number of nitrogens with zero attached hydrogens (tertiary/aromatic N) is 1. The van der Waals surface area contributed by atoms with Gasteiger partial charge in [-0.2, -0.15) is 0 Å². The van der Waals surface area contributed by atoms with E-state index in [0.717, 1.165) is 55.0 Å². The molecule has 0 N–H and O–H groups in total. The SMILES string of the molecule is C[C@]12CCC(=O)C=C1CC[C@@H]1[C@@H]2CC[C@]2(C)C(c3cn(S(=O)(=O)c4ccccc4)c4ccccc34)=CC[C@@H]12. The lowest BCUT2D eigenvalue weighted by atomic mass is 9.46. The maximum Gasteiger partial charge on any atom is 0.268 e. The highest BCUT2D eigenvalue weighted by Crippen LogP contribution is 2.67. The molecule has 0 radical (unpaired) electrons. The van der Waals surface area contributed by atoms with E-state index in [0.29, 0.717) is 34.9 Å². The Labute approximate surface area is 225 Å². The van der Waals surface area contributed by atoms with E-state index < -0.39 is 10.0 Å². The average molecular weight is 526 g/mol. The third-order valence-electron chi connectivity index (χ3n) is 10.8. The van der Waals surface area contributed by atoms with Crippen LogP contribution in [0.15, 0.2) is 83.4 Å². The van der Waals surface area contributed by atoms with Crippen molar-refractivity contribution in [3.8, 4) is 0 Å². The first-order chi connectivity index (χ1) is 18.2. The second kappa shape index (κ2) is 8.29. The Kier molecular flexibility index (Phi) is 5.27. The minimum absolute atomic E-state index is 0.0225. The number of aromatic nitrogens is 1. The van der Waals surface area contributed by atoms with Crippen LogP contribution in [-0.4, -0.2) is 18.2 Å². The van der Waals surface area contributed by atoms with Gasteiger partial charge in [0.25, 0.3) is 10.0 Å². The van der Waals surface area contributed by atoms with Crippen LogP contribution < -0.4 is 0 Å². The molecular formula is C33H35NO3S. The van der Waals surface area contributed by atoms with Crippen molar-refractivity contribution >= 4 is 32.3 Å². The Morgan fingerprint density at radius 2 is 1.63 bits per heavy atom.